The molecule has 0 spiro atoms. The Bertz CT molecular complexity index is 473. The number of anilines is 1. The summed E-state index contributed by atoms with van der Waals surface area (Å²) in [5, 5.41) is 3.83. The van der Waals surface area contributed by atoms with Crippen LogP contribution in [-0.4, -0.2) is 29.6 Å². The van der Waals surface area contributed by atoms with Gasteiger partial charge in [-0.25, -0.2) is 4.79 Å². The Morgan fingerprint density at radius 2 is 2.00 bits per heavy atom. The molecule has 2 rings (SSSR count). The summed E-state index contributed by atoms with van der Waals surface area (Å²) < 4.78 is 0. The largest absolute Gasteiger partial charge is 0.326 e. The number of carbonyl (C=O) groups is 1. The minimum atomic E-state index is -0.148. The van der Waals surface area contributed by atoms with Crippen LogP contribution in [0.1, 0.15) is 26.2 Å². The number of piperidine rings is 1. The van der Waals surface area contributed by atoms with Crippen molar-refractivity contribution in [3.8, 4) is 0 Å². The van der Waals surface area contributed by atoms with Crippen LogP contribution in [0.4, 0.5) is 10.5 Å². The van der Waals surface area contributed by atoms with Crippen LogP contribution in [0.15, 0.2) is 18.2 Å². The monoisotopic (exact) mass is 315 g/mol. The zero-order valence-corrected chi connectivity index (χ0v) is 12.9. The van der Waals surface area contributed by atoms with Gasteiger partial charge in [-0.05, 0) is 44.4 Å². The second kappa shape index (κ2) is 6.66. The lowest BCUT2D eigenvalue weighted by Crippen LogP contribution is -2.53. The molecule has 0 saturated carbocycles. The van der Waals surface area contributed by atoms with Gasteiger partial charge in [-0.15, -0.1) is 0 Å². The number of hydrogen-bond donors (Lipinski definition) is 2. The highest BCUT2D eigenvalue weighted by molar-refractivity contribution is 6.35. The van der Waals surface area contributed by atoms with Crippen molar-refractivity contribution < 1.29 is 4.79 Å². The summed E-state index contributed by atoms with van der Waals surface area (Å²) in [6.07, 6.45) is 3.06. The van der Waals surface area contributed by atoms with Crippen molar-refractivity contribution >= 4 is 34.9 Å². The van der Waals surface area contributed by atoms with Crippen LogP contribution < -0.4 is 11.1 Å². The number of benzene rings is 1. The van der Waals surface area contributed by atoms with E-state index in [9.17, 15) is 4.79 Å². The van der Waals surface area contributed by atoms with Crippen LogP contribution >= 0.6 is 23.2 Å². The fourth-order valence-electron chi connectivity index (χ4n) is 2.58. The molecule has 1 fully saturated rings. The Morgan fingerprint density at radius 1 is 1.35 bits per heavy atom. The normalized spacial score (nSPS) is 20.6. The van der Waals surface area contributed by atoms with Gasteiger partial charge >= 0.3 is 6.03 Å². The predicted molar refractivity (Wildman–Crippen MR) is 83.5 cm³/mol. The molecule has 1 aliphatic heterocycles. The lowest BCUT2D eigenvalue weighted by atomic mass is 9.97. The number of urea groups is 1. The van der Waals surface area contributed by atoms with E-state index in [0.717, 1.165) is 25.8 Å². The SMILES string of the molecule is CC(N)C1CCCCN1C(=O)Nc1cc(Cl)cc(Cl)c1. The molecule has 1 aromatic carbocycles. The quantitative estimate of drug-likeness (QED) is 0.873. The van der Waals surface area contributed by atoms with E-state index in [1.807, 2.05) is 11.8 Å². The lowest BCUT2D eigenvalue weighted by molar-refractivity contribution is 0.151. The molecule has 2 atom stereocenters. The maximum absolute atomic E-state index is 12.4. The van der Waals surface area contributed by atoms with Gasteiger partial charge in [-0.3, -0.25) is 0 Å². The van der Waals surface area contributed by atoms with Crippen LogP contribution in [-0.2, 0) is 0 Å². The minimum absolute atomic E-state index is 0.0380. The Hall–Kier alpha value is -0.970. The van der Waals surface area contributed by atoms with E-state index in [0.29, 0.717) is 15.7 Å². The summed E-state index contributed by atoms with van der Waals surface area (Å²) in [4.78, 5) is 14.2. The smallest absolute Gasteiger partial charge is 0.322 e. The number of nitrogens with two attached hydrogens (primary N) is 1. The lowest BCUT2D eigenvalue weighted by Gasteiger charge is -2.37. The summed E-state index contributed by atoms with van der Waals surface area (Å²) in [5.74, 6) is 0. The molecule has 1 saturated heterocycles. The van der Waals surface area contributed by atoms with E-state index in [2.05, 4.69) is 5.32 Å². The molecule has 1 heterocycles. The summed E-state index contributed by atoms with van der Waals surface area (Å²) in [6.45, 7) is 2.67. The summed E-state index contributed by atoms with van der Waals surface area (Å²) in [7, 11) is 0. The number of amides is 2. The highest BCUT2D eigenvalue weighted by Crippen LogP contribution is 2.24. The Labute approximate surface area is 129 Å². The molecule has 2 unspecified atom stereocenters. The fraction of sp³-hybridized carbons (Fsp3) is 0.500. The second-order valence-electron chi connectivity index (χ2n) is 5.20. The van der Waals surface area contributed by atoms with Gasteiger partial charge in [0.05, 0.1) is 0 Å². The van der Waals surface area contributed by atoms with E-state index in [1.165, 1.54) is 0 Å². The van der Waals surface area contributed by atoms with Crippen molar-refractivity contribution in [2.75, 3.05) is 11.9 Å². The van der Waals surface area contributed by atoms with Gasteiger partial charge < -0.3 is 16.0 Å². The molecule has 1 aliphatic rings. The zero-order valence-electron chi connectivity index (χ0n) is 11.4. The average Bonchev–Trinajstić information content (AvgIpc) is 2.37. The predicted octanol–water partition coefficient (Wildman–Crippen LogP) is 3.73. The maximum atomic E-state index is 12.4. The first-order valence-electron chi connectivity index (χ1n) is 6.76. The van der Waals surface area contributed by atoms with Gasteiger partial charge in [0, 0.05) is 34.4 Å². The first kappa shape index (κ1) is 15.4. The first-order valence-corrected chi connectivity index (χ1v) is 7.52. The highest BCUT2D eigenvalue weighted by Gasteiger charge is 2.29. The summed E-state index contributed by atoms with van der Waals surface area (Å²) in [5.41, 5.74) is 6.57. The average molecular weight is 316 g/mol. The molecule has 0 aromatic heterocycles. The van der Waals surface area contributed by atoms with E-state index in [1.54, 1.807) is 18.2 Å². The van der Waals surface area contributed by atoms with Crippen molar-refractivity contribution in [1.29, 1.82) is 0 Å². The van der Waals surface area contributed by atoms with E-state index in [4.69, 9.17) is 28.9 Å². The Kier molecular flexibility index (Phi) is 5.13. The van der Waals surface area contributed by atoms with Crippen LogP contribution in [0.25, 0.3) is 0 Å². The van der Waals surface area contributed by atoms with Crippen LogP contribution in [0.2, 0.25) is 10.0 Å². The topological polar surface area (TPSA) is 58.4 Å². The first-order chi connectivity index (χ1) is 9.47. The Morgan fingerprint density at radius 3 is 2.60 bits per heavy atom. The molecule has 0 radical (unpaired) electrons. The molecular weight excluding hydrogens is 297 g/mol. The van der Waals surface area contributed by atoms with Crippen molar-refractivity contribution in [2.24, 2.45) is 5.73 Å². The van der Waals surface area contributed by atoms with Gasteiger partial charge in [0.2, 0.25) is 0 Å². The van der Waals surface area contributed by atoms with E-state index in [-0.39, 0.29) is 18.1 Å². The van der Waals surface area contributed by atoms with E-state index >= 15 is 0 Å². The van der Waals surface area contributed by atoms with Crippen LogP contribution in [0, 0.1) is 0 Å². The third kappa shape index (κ3) is 3.78. The molecule has 0 aliphatic carbocycles. The maximum Gasteiger partial charge on any atom is 0.322 e. The van der Waals surface area contributed by atoms with Gasteiger partial charge in [0.1, 0.15) is 0 Å². The standard InChI is InChI=1S/C14H19Cl2N3O/c1-9(17)13-4-2-3-5-19(13)14(20)18-12-7-10(15)6-11(16)8-12/h6-9,13H,2-5,17H2,1H3,(H,18,20). The number of nitrogens with zero attached hydrogens (tertiary/aromatic N) is 1. The number of likely N-dealkylation sites (tertiary alicyclic amines) is 1. The fourth-order valence-corrected chi connectivity index (χ4v) is 3.10. The molecule has 4 nitrogen and oxygen atoms in total. The minimum Gasteiger partial charge on any atom is -0.326 e. The number of hydrogen-bond acceptors (Lipinski definition) is 2. The number of halogens is 2. The second-order valence-corrected chi connectivity index (χ2v) is 6.08. The van der Waals surface area contributed by atoms with Gasteiger partial charge in [-0.2, -0.15) is 0 Å². The molecule has 0 bridgehead atoms. The number of carbonyl (C=O) groups excluding carboxylic acids is 1. The third-order valence-electron chi connectivity index (χ3n) is 3.53. The Balaban J connectivity index is 2.09. The van der Waals surface area contributed by atoms with Gasteiger partial charge in [0.25, 0.3) is 0 Å². The molecular formula is C14H19Cl2N3O. The van der Waals surface area contributed by atoms with Crippen LogP contribution in [0.3, 0.4) is 0 Å². The van der Waals surface area contributed by atoms with Crippen molar-refractivity contribution in [3.63, 3.8) is 0 Å². The zero-order chi connectivity index (χ0) is 14.7. The molecule has 2 amide bonds. The molecule has 6 heteroatoms. The molecule has 3 N–H and O–H groups in total. The third-order valence-corrected chi connectivity index (χ3v) is 3.97. The number of nitrogens with one attached hydrogen (secondary N) is 1. The number of rotatable bonds is 2. The van der Waals surface area contributed by atoms with Crippen molar-refractivity contribution in [3.05, 3.63) is 28.2 Å². The van der Waals surface area contributed by atoms with Crippen LogP contribution in [0.5, 0.6) is 0 Å². The molecule has 1 aromatic rings. The highest BCUT2D eigenvalue weighted by atomic mass is 35.5. The van der Waals surface area contributed by atoms with Crippen molar-refractivity contribution in [2.45, 2.75) is 38.3 Å². The summed E-state index contributed by atoms with van der Waals surface area (Å²) in [6, 6.07) is 4.88. The van der Waals surface area contributed by atoms with Gasteiger partial charge in [0.15, 0.2) is 0 Å². The molecule has 110 valence electrons. The summed E-state index contributed by atoms with van der Waals surface area (Å²) >= 11 is 11.9. The molecule has 20 heavy (non-hydrogen) atoms. The van der Waals surface area contributed by atoms with Crippen molar-refractivity contribution in [1.82, 2.24) is 4.90 Å². The van der Waals surface area contributed by atoms with E-state index < -0.39 is 0 Å². The van der Waals surface area contributed by atoms with Gasteiger partial charge in [-0.1, -0.05) is 23.2 Å².